The molecule has 2 aromatic carbocycles. The van der Waals surface area contributed by atoms with E-state index in [4.69, 9.17) is 9.47 Å². The van der Waals surface area contributed by atoms with E-state index in [0.29, 0.717) is 13.2 Å². The maximum absolute atomic E-state index is 5.55. The van der Waals surface area contributed by atoms with E-state index in [1.54, 1.807) is 7.11 Å². The molecule has 0 saturated heterocycles. The molecular formula is C18H23NO2. The average Bonchev–Trinajstić information content (AvgIpc) is 2.49. The van der Waals surface area contributed by atoms with Gasteiger partial charge < -0.3 is 14.8 Å². The van der Waals surface area contributed by atoms with Crippen LogP contribution in [0.2, 0.25) is 0 Å². The van der Waals surface area contributed by atoms with Crippen molar-refractivity contribution in [2.75, 3.05) is 25.6 Å². The highest BCUT2D eigenvalue weighted by Crippen LogP contribution is 2.22. The van der Waals surface area contributed by atoms with Crippen LogP contribution < -0.4 is 10.1 Å². The molecule has 3 nitrogen and oxygen atoms in total. The van der Waals surface area contributed by atoms with Crippen LogP contribution in [0.4, 0.5) is 5.69 Å². The summed E-state index contributed by atoms with van der Waals surface area (Å²) in [7, 11) is 1.67. The van der Waals surface area contributed by atoms with Crippen molar-refractivity contribution < 1.29 is 9.47 Å². The van der Waals surface area contributed by atoms with Gasteiger partial charge in [-0.05, 0) is 43.7 Å². The Morgan fingerprint density at radius 1 is 1.05 bits per heavy atom. The van der Waals surface area contributed by atoms with Gasteiger partial charge in [0.15, 0.2) is 0 Å². The molecule has 1 atom stereocenters. The molecule has 0 saturated carbocycles. The van der Waals surface area contributed by atoms with Crippen molar-refractivity contribution >= 4 is 5.69 Å². The van der Waals surface area contributed by atoms with Crippen LogP contribution in [0.15, 0.2) is 48.5 Å². The quantitative estimate of drug-likeness (QED) is 0.774. The highest BCUT2D eigenvalue weighted by atomic mass is 16.5. The zero-order valence-electron chi connectivity index (χ0n) is 12.9. The van der Waals surface area contributed by atoms with Crippen LogP contribution in [0.5, 0.6) is 5.75 Å². The molecule has 0 spiro atoms. The Morgan fingerprint density at radius 2 is 1.81 bits per heavy atom. The third-order valence-corrected chi connectivity index (χ3v) is 3.34. The summed E-state index contributed by atoms with van der Waals surface area (Å²) in [4.78, 5) is 0. The van der Waals surface area contributed by atoms with E-state index in [1.165, 1.54) is 11.1 Å². The number of nitrogens with one attached hydrogen (secondary N) is 1. The number of methoxy groups -OCH3 is 1. The molecule has 112 valence electrons. The number of anilines is 1. The molecule has 1 unspecified atom stereocenters. The summed E-state index contributed by atoms with van der Waals surface area (Å²) in [6.07, 6.45) is 0. The fraction of sp³-hybridized carbons (Fsp3) is 0.333. The van der Waals surface area contributed by atoms with E-state index in [9.17, 15) is 0 Å². The fourth-order valence-corrected chi connectivity index (χ4v) is 2.16. The number of hydrogen-bond acceptors (Lipinski definition) is 3. The Balaban J connectivity index is 1.93. The summed E-state index contributed by atoms with van der Waals surface area (Å²) < 4.78 is 10.5. The average molecular weight is 285 g/mol. The molecule has 0 bridgehead atoms. The van der Waals surface area contributed by atoms with Gasteiger partial charge in [-0.1, -0.05) is 29.8 Å². The lowest BCUT2D eigenvalue weighted by Crippen LogP contribution is -2.07. The molecule has 0 aliphatic rings. The second-order valence-electron chi connectivity index (χ2n) is 5.15. The lowest BCUT2D eigenvalue weighted by molar-refractivity contribution is 0.146. The summed E-state index contributed by atoms with van der Waals surface area (Å²) >= 11 is 0. The standard InChI is InChI=1S/C18H23NO2/c1-14-5-4-6-16(13-14)15(2)19-17-7-9-18(10-8-17)21-12-11-20-3/h4-10,13,15,19H,11-12H2,1-3H3. The second kappa shape index (κ2) is 7.70. The first-order valence-electron chi connectivity index (χ1n) is 7.24. The number of aryl methyl sites for hydroxylation is 1. The zero-order valence-corrected chi connectivity index (χ0v) is 12.9. The molecular weight excluding hydrogens is 262 g/mol. The van der Waals surface area contributed by atoms with Crippen LogP contribution in [0.1, 0.15) is 24.1 Å². The Kier molecular flexibility index (Phi) is 5.64. The summed E-state index contributed by atoms with van der Waals surface area (Å²) in [5.41, 5.74) is 3.65. The van der Waals surface area contributed by atoms with Crippen molar-refractivity contribution in [1.82, 2.24) is 0 Å². The molecule has 0 heterocycles. The first kappa shape index (κ1) is 15.4. The van der Waals surface area contributed by atoms with Crippen molar-refractivity contribution in [2.24, 2.45) is 0 Å². The van der Waals surface area contributed by atoms with Gasteiger partial charge in [-0.25, -0.2) is 0 Å². The minimum absolute atomic E-state index is 0.269. The van der Waals surface area contributed by atoms with Gasteiger partial charge in [-0.2, -0.15) is 0 Å². The molecule has 1 N–H and O–H groups in total. The molecule has 21 heavy (non-hydrogen) atoms. The van der Waals surface area contributed by atoms with E-state index in [-0.39, 0.29) is 6.04 Å². The van der Waals surface area contributed by atoms with Crippen molar-refractivity contribution in [3.05, 3.63) is 59.7 Å². The number of benzene rings is 2. The molecule has 2 aromatic rings. The Morgan fingerprint density at radius 3 is 2.48 bits per heavy atom. The van der Waals surface area contributed by atoms with Gasteiger partial charge >= 0.3 is 0 Å². The van der Waals surface area contributed by atoms with E-state index >= 15 is 0 Å². The van der Waals surface area contributed by atoms with E-state index in [1.807, 2.05) is 24.3 Å². The maximum Gasteiger partial charge on any atom is 0.119 e. The predicted octanol–water partition coefficient (Wildman–Crippen LogP) is 4.19. The van der Waals surface area contributed by atoms with Gasteiger partial charge in [-0.15, -0.1) is 0 Å². The predicted molar refractivity (Wildman–Crippen MR) is 87.0 cm³/mol. The van der Waals surface area contributed by atoms with Crippen LogP contribution in [-0.2, 0) is 4.74 Å². The summed E-state index contributed by atoms with van der Waals surface area (Å²) in [6.45, 7) is 5.45. The van der Waals surface area contributed by atoms with Crippen molar-refractivity contribution in [3.8, 4) is 5.75 Å². The third-order valence-electron chi connectivity index (χ3n) is 3.34. The molecule has 0 aromatic heterocycles. The Labute approximate surface area is 126 Å². The summed E-state index contributed by atoms with van der Waals surface area (Å²) in [6, 6.07) is 16.8. The van der Waals surface area contributed by atoms with Crippen LogP contribution >= 0.6 is 0 Å². The molecule has 0 aliphatic heterocycles. The smallest absolute Gasteiger partial charge is 0.119 e. The molecule has 0 amide bonds. The lowest BCUT2D eigenvalue weighted by Gasteiger charge is -2.16. The minimum atomic E-state index is 0.269. The normalized spacial score (nSPS) is 12.0. The van der Waals surface area contributed by atoms with Crippen molar-refractivity contribution in [3.63, 3.8) is 0 Å². The largest absolute Gasteiger partial charge is 0.491 e. The van der Waals surface area contributed by atoms with Gasteiger partial charge in [0.25, 0.3) is 0 Å². The zero-order chi connectivity index (χ0) is 15.1. The van der Waals surface area contributed by atoms with Gasteiger partial charge in [0, 0.05) is 18.8 Å². The van der Waals surface area contributed by atoms with E-state index in [0.717, 1.165) is 11.4 Å². The lowest BCUT2D eigenvalue weighted by atomic mass is 10.1. The third kappa shape index (κ3) is 4.80. The van der Waals surface area contributed by atoms with Gasteiger partial charge in [-0.3, -0.25) is 0 Å². The first-order valence-corrected chi connectivity index (χ1v) is 7.24. The molecule has 0 fully saturated rings. The topological polar surface area (TPSA) is 30.5 Å². The molecule has 2 rings (SSSR count). The Hall–Kier alpha value is -2.00. The number of rotatable bonds is 7. The molecule has 0 radical (unpaired) electrons. The highest BCUT2D eigenvalue weighted by Gasteiger charge is 2.05. The first-order chi connectivity index (χ1) is 10.2. The van der Waals surface area contributed by atoms with Crippen molar-refractivity contribution in [2.45, 2.75) is 19.9 Å². The highest BCUT2D eigenvalue weighted by molar-refractivity contribution is 5.48. The van der Waals surface area contributed by atoms with Crippen LogP contribution in [0.3, 0.4) is 0 Å². The van der Waals surface area contributed by atoms with Gasteiger partial charge in [0.1, 0.15) is 12.4 Å². The SMILES string of the molecule is COCCOc1ccc(NC(C)c2cccc(C)c2)cc1. The van der Waals surface area contributed by atoms with Gasteiger partial charge in [0.2, 0.25) is 0 Å². The van der Waals surface area contributed by atoms with Crippen LogP contribution in [0.25, 0.3) is 0 Å². The Bertz CT molecular complexity index is 551. The summed E-state index contributed by atoms with van der Waals surface area (Å²) in [5.74, 6) is 0.862. The van der Waals surface area contributed by atoms with Crippen LogP contribution in [0, 0.1) is 6.92 Å². The van der Waals surface area contributed by atoms with Crippen molar-refractivity contribution in [1.29, 1.82) is 0 Å². The summed E-state index contributed by atoms with van der Waals surface area (Å²) in [5, 5.41) is 3.50. The number of ether oxygens (including phenoxy) is 2. The van der Waals surface area contributed by atoms with Crippen LogP contribution in [-0.4, -0.2) is 20.3 Å². The fourth-order valence-electron chi connectivity index (χ4n) is 2.16. The van der Waals surface area contributed by atoms with E-state index < -0.39 is 0 Å². The maximum atomic E-state index is 5.55. The monoisotopic (exact) mass is 285 g/mol. The molecule has 3 heteroatoms. The minimum Gasteiger partial charge on any atom is -0.491 e. The van der Waals surface area contributed by atoms with Gasteiger partial charge in [0.05, 0.1) is 6.61 Å². The molecule has 0 aliphatic carbocycles. The van der Waals surface area contributed by atoms with E-state index in [2.05, 4.69) is 43.4 Å². The number of hydrogen-bond donors (Lipinski definition) is 1. The second-order valence-corrected chi connectivity index (χ2v) is 5.15.